The summed E-state index contributed by atoms with van der Waals surface area (Å²) in [5.74, 6) is 0.496. The number of carbonyl (C=O) groups is 1. The third kappa shape index (κ3) is 3.99. The number of amides is 1. The first-order valence-corrected chi connectivity index (χ1v) is 10.1. The molecule has 2 aromatic heterocycles. The van der Waals surface area contributed by atoms with E-state index in [-0.39, 0.29) is 17.4 Å². The van der Waals surface area contributed by atoms with Crippen LogP contribution in [0.3, 0.4) is 0 Å². The Kier molecular flexibility index (Phi) is 5.55. The second-order valence-corrected chi connectivity index (χ2v) is 7.30. The Morgan fingerprint density at radius 1 is 1.14 bits per heavy atom. The van der Waals surface area contributed by atoms with Gasteiger partial charge in [0.15, 0.2) is 11.5 Å². The Morgan fingerprint density at radius 2 is 1.90 bits per heavy atom. The lowest BCUT2D eigenvalue weighted by Crippen LogP contribution is -2.43. The van der Waals surface area contributed by atoms with Crippen LogP contribution in [0.4, 0.5) is 5.82 Å². The Morgan fingerprint density at radius 3 is 2.62 bits per heavy atom. The van der Waals surface area contributed by atoms with E-state index in [1.807, 2.05) is 54.3 Å². The number of piperidine rings is 1. The molecule has 0 atom stereocenters. The van der Waals surface area contributed by atoms with Crippen molar-refractivity contribution in [2.75, 3.05) is 18.0 Å². The lowest BCUT2D eigenvalue weighted by molar-refractivity contribution is -0.125. The van der Waals surface area contributed by atoms with Crippen LogP contribution in [0, 0.1) is 5.92 Å². The minimum atomic E-state index is -0.120. The molecule has 3 aromatic rings. The first-order chi connectivity index (χ1) is 14.2. The molecule has 1 amide bonds. The quantitative estimate of drug-likeness (QED) is 0.722. The number of carbonyl (C=O) groups excluding carboxylic acids is 1. The number of rotatable bonds is 5. The minimum Gasteiger partial charge on any atom is -0.352 e. The van der Waals surface area contributed by atoms with Crippen molar-refractivity contribution in [3.8, 4) is 0 Å². The van der Waals surface area contributed by atoms with E-state index in [1.165, 1.54) is 0 Å². The Hall–Kier alpha value is -3.22. The fraction of sp³-hybridized carbons (Fsp3) is 0.364. The van der Waals surface area contributed by atoms with Gasteiger partial charge in [0.25, 0.3) is 5.56 Å². The second-order valence-electron chi connectivity index (χ2n) is 7.30. The van der Waals surface area contributed by atoms with Crippen molar-refractivity contribution in [3.63, 3.8) is 0 Å². The van der Waals surface area contributed by atoms with Gasteiger partial charge in [-0.3, -0.25) is 14.2 Å². The molecule has 0 unspecified atom stereocenters. The number of aromatic nitrogens is 3. The fourth-order valence-corrected chi connectivity index (χ4v) is 3.84. The summed E-state index contributed by atoms with van der Waals surface area (Å²) in [7, 11) is 0. The molecule has 3 heterocycles. The molecule has 0 bridgehead atoms. The topological polar surface area (TPSA) is 80.1 Å². The average molecular weight is 391 g/mol. The van der Waals surface area contributed by atoms with Crippen LogP contribution in [0.1, 0.15) is 25.3 Å². The van der Waals surface area contributed by atoms with E-state index in [0.717, 1.165) is 5.56 Å². The normalized spacial score (nSPS) is 14.9. The summed E-state index contributed by atoms with van der Waals surface area (Å²) in [4.78, 5) is 36.4. The molecule has 29 heavy (non-hydrogen) atoms. The number of nitrogens with zero attached hydrogens (tertiary/aromatic N) is 4. The third-order valence-electron chi connectivity index (χ3n) is 5.48. The zero-order valence-corrected chi connectivity index (χ0v) is 16.5. The van der Waals surface area contributed by atoms with Gasteiger partial charge in [0.1, 0.15) is 5.52 Å². The molecule has 7 heteroatoms. The van der Waals surface area contributed by atoms with Crippen LogP contribution >= 0.6 is 0 Å². The predicted molar refractivity (Wildman–Crippen MR) is 113 cm³/mol. The van der Waals surface area contributed by atoms with Crippen molar-refractivity contribution in [2.45, 2.75) is 32.9 Å². The first kappa shape index (κ1) is 19.1. The highest BCUT2D eigenvalue weighted by Gasteiger charge is 2.27. The number of aryl methyl sites for hydroxylation is 1. The van der Waals surface area contributed by atoms with Crippen LogP contribution in [0.25, 0.3) is 11.2 Å². The second kappa shape index (κ2) is 8.43. The number of hydrogen-bond donors (Lipinski definition) is 1. The summed E-state index contributed by atoms with van der Waals surface area (Å²) in [6.07, 6.45) is 3.09. The van der Waals surface area contributed by atoms with Crippen molar-refractivity contribution in [2.24, 2.45) is 5.92 Å². The smallest absolute Gasteiger partial charge is 0.295 e. The molecule has 4 rings (SSSR count). The molecule has 1 saturated heterocycles. The van der Waals surface area contributed by atoms with Gasteiger partial charge in [-0.15, -0.1) is 0 Å². The lowest BCUT2D eigenvalue weighted by atomic mass is 9.96. The molecule has 0 spiro atoms. The van der Waals surface area contributed by atoms with Gasteiger partial charge in [0, 0.05) is 38.3 Å². The van der Waals surface area contributed by atoms with Crippen molar-refractivity contribution in [1.29, 1.82) is 0 Å². The number of benzene rings is 1. The van der Waals surface area contributed by atoms with Crippen LogP contribution in [0.5, 0.6) is 0 Å². The first-order valence-electron chi connectivity index (χ1n) is 10.1. The van der Waals surface area contributed by atoms with E-state index in [9.17, 15) is 9.59 Å². The summed E-state index contributed by atoms with van der Waals surface area (Å²) >= 11 is 0. The van der Waals surface area contributed by atoms with E-state index in [1.54, 1.807) is 10.8 Å². The Bertz CT molecular complexity index is 1060. The zero-order valence-electron chi connectivity index (χ0n) is 16.5. The molecule has 1 fully saturated rings. The Labute approximate surface area is 169 Å². The van der Waals surface area contributed by atoms with Crippen molar-refractivity contribution < 1.29 is 4.79 Å². The molecular formula is C22H25N5O2. The van der Waals surface area contributed by atoms with Crippen LogP contribution in [0.15, 0.2) is 53.5 Å². The minimum absolute atomic E-state index is 0.0366. The Balaban J connectivity index is 1.44. The highest BCUT2D eigenvalue weighted by molar-refractivity contribution is 5.79. The molecule has 0 saturated carbocycles. The molecule has 0 aliphatic carbocycles. The molecule has 1 aliphatic rings. The SMILES string of the molecule is CCn1c(=O)c(N2CCC(C(=O)NCc3ccccc3)CC2)nc2cccnc21. The van der Waals surface area contributed by atoms with Crippen LogP contribution < -0.4 is 15.8 Å². The van der Waals surface area contributed by atoms with Crippen molar-refractivity contribution in [1.82, 2.24) is 19.9 Å². The van der Waals surface area contributed by atoms with Gasteiger partial charge in [0.2, 0.25) is 5.91 Å². The highest BCUT2D eigenvalue weighted by atomic mass is 16.2. The summed E-state index contributed by atoms with van der Waals surface area (Å²) < 4.78 is 1.66. The maximum absolute atomic E-state index is 12.9. The number of nitrogens with one attached hydrogen (secondary N) is 1. The van der Waals surface area contributed by atoms with Gasteiger partial charge >= 0.3 is 0 Å². The van der Waals surface area contributed by atoms with Gasteiger partial charge in [-0.1, -0.05) is 30.3 Å². The van der Waals surface area contributed by atoms with E-state index in [0.29, 0.717) is 56.0 Å². The number of pyridine rings is 1. The summed E-state index contributed by atoms with van der Waals surface area (Å²) in [5.41, 5.74) is 2.30. The number of anilines is 1. The van der Waals surface area contributed by atoms with Crippen molar-refractivity contribution in [3.05, 3.63) is 64.6 Å². The molecule has 150 valence electrons. The van der Waals surface area contributed by atoms with Crippen LogP contribution in [-0.4, -0.2) is 33.5 Å². The van der Waals surface area contributed by atoms with Crippen molar-refractivity contribution >= 4 is 22.9 Å². The zero-order chi connectivity index (χ0) is 20.2. The van der Waals surface area contributed by atoms with Gasteiger partial charge in [-0.05, 0) is 37.5 Å². The van der Waals surface area contributed by atoms with Gasteiger partial charge in [-0.25, -0.2) is 9.97 Å². The summed E-state index contributed by atoms with van der Waals surface area (Å²) in [5, 5.41) is 3.03. The van der Waals surface area contributed by atoms with Gasteiger partial charge < -0.3 is 10.2 Å². The fourth-order valence-electron chi connectivity index (χ4n) is 3.84. The summed E-state index contributed by atoms with van der Waals surface area (Å²) in [6, 6.07) is 13.6. The lowest BCUT2D eigenvalue weighted by Gasteiger charge is -2.32. The standard InChI is InChI=1S/C22H25N5O2/c1-2-27-19-18(9-6-12-23-19)25-20(22(27)29)26-13-10-17(11-14-26)21(28)24-15-16-7-4-3-5-8-16/h3-9,12,17H,2,10-11,13-15H2,1H3,(H,24,28). The molecule has 1 N–H and O–H groups in total. The summed E-state index contributed by atoms with van der Waals surface area (Å²) in [6.45, 7) is 4.30. The molecule has 1 aliphatic heterocycles. The molecule has 1 aromatic carbocycles. The third-order valence-corrected chi connectivity index (χ3v) is 5.48. The molecule has 0 radical (unpaired) electrons. The monoisotopic (exact) mass is 391 g/mol. The van der Waals surface area contributed by atoms with Gasteiger partial charge in [-0.2, -0.15) is 0 Å². The van der Waals surface area contributed by atoms with Crippen LogP contribution in [0.2, 0.25) is 0 Å². The molecular weight excluding hydrogens is 366 g/mol. The van der Waals surface area contributed by atoms with Crippen LogP contribution in [-0.2, 0) is 17.9 Å². The number of hydrogen-bond acceptors (Lipinski definition) is 5. The highest BCUT2D eigenvalue weighted by Crippen LogP contribution is 2.21. The average Bonchev–Trinajstić information content (AvgIpc) is 2.78. The maximum atomic E-state index is 12.9. The predicted octanol–water partition coefficient (Wildman–Crippen LogP) is 2.34. The molecule has 7 nitrogen and oxygen atoms in total. The maximum Gasteiger partial charge on any atom is 0.295 e. The van der Waals surface area contributed by atoms with E-state index >= 15 is 0 Å². The van der Waals surface area contributed by atoms with E-state index in [4.69, 9.17) is 0 Å². The number of fused-ring (bicyclic) bond motifs is 1. The van der Waals surface area contributed by atoms with E-state index < -0.39 is 0 Å². The van der Waals surface area contributed by atoms with E-state index in [2.05, 4.69) is 15.3 Å². The largest absolute Gasteiger partial charge is 0.352 e. The van der Waals surface area contributed by atoms with Gasteiger partial charge in [0.05, 0.1) is 0 Å².